The first-order valence-electron chi connectivity index (χ1n) is 7.70. The molecule has 1 N–H and O–H groups in total. The van der Waals surface area contributed by atoms with Gasteiger partial charge >= 0.3 is 0 Å². The lowest BCUT2D eigenvalue weighted by atomic mass is 9.87. The zero-order valence-corrected chi connectivity index (χ0v) is 12.4. The van der Waals surface area contributed by atoms with Crippen molar-refractivity contribution in [3.8, 4) is 0 Å². The van der Waals surface area contributed by atoms with Crippen molar-refractivity contribution in [2.45, 2.75) is 45.2 Å². The minimum absolute atomic E-state index is 0.765. The molecule has 1 aliphatic rings. The number of likely N-dealkylation sites (N-methyl/N-ethyl adjacent to an activating group) is 1. The van der Waals surface area contributed by atoms with Crippen LogP contribution in [-0.4, -0.2) is 31.1 Å². The van der Waals surface area contributed by atoms with Gasteiger partial charge in [-0.05, 0) is 44.2 Å². The largest absolute Gasteiger partial charge is 0.313 e. The maximum Gasteiger partial charge on any atom is 0.0231 e. The molecule has 2 heteroatoms. The van der Waals surface area contributed by atoms with Crippen molar-refractivity contribution in [2.24, 2.45) is 5.92 Å². The Labute approximate surface area is 118 Å². The van der Waals surface area contributed by atoms with Crippen molar-refractivity contribution in [1.82, 2.24) is 10.2 Å². The van der Waals surface area contributed by atoms with E-state index in [1.54, 1.807) is 0 Å². The van der Waals surface area contributed by atoms with Crippen molar-refractivity contribution in [2.75, 3.05) is 20.1 Å². The molecule has 1 aliphatic carbocycles. The summed E-state index contributed by atoms with van der Waals surface area (Å²) in [6.45, 7) is 5.66. The summed E-state index contributed by atoms with van der Waals surface area (Å²) in [7, 11) is 2.21. The lowest BCUT2D eigenvalue weighted by Crippen LogP contribution is -2.37. The Morgan fingerprint density at radius 2 is 1.79 bits per heavy atom. The van der Waals surface area contributed by atoms with Crippen LogP contribution >= 0.6 is 0 Å². The first-order chi connectivity index (χ1) is 9.24. The van der Waals surface area contributed by atoms with Crippen LogP contribution in [0.5, 0.6) is 0 Å². The monoisotopic (exact) mass is 260 g/mol. The summed E-state index contributed by atoms with van der Waals surface area (Å²) in [4.78, 5) is 2.40. The first kappa shape index (κ1) is 14.5. The summed E-state index contributed by atoms with van der Waals surface area (Å²) >= 11 is 0. The fraction of sp³-hybridized carbons (Fsp3) is 0.647. The Balaban J connectivity index is 1.60. The molecule has 0 aromatic heterocycles. The van der Waals surface area contributed by atoms with Gasteiger partial charge in [-0.15, -0.1) is 0 Å². The van der Waals surface area contributed by atoms with E-state index in [-0.39, 0.29) is 0 Å². The van der Waals surface area contributed by atoms with Crippen molar-refractivity contribution >= 4 is 0 Å². The summed E-state index contributed by atoms with van der Waals surface area (Å²) in [5, 5.41) is 3.72. The standard InChI is InChI=1S/C17H28N2/c1-15-8-10-17(11-9-15)18-12-13-19(2)14-16-6-4-3-5-7-16/h3-7,15,17-18H,8-14H2,1-2H3. The molecule has 1 aromatic carbocycles. The van der Waals surface area contributed by atoms with Gasteiger partial charge in [-0.25, -0.2) is 0 Å². The molecule has 0 aliphatic heterocycles. The van der Waals surface area contributed by atoms with E-state index in [1.807, 2.05) is 0 Å². The molecule has 0 atom stereocenters. The van der Waals surface area contributed by atoms with E-state index in [0.29, 0.717) is 0 Å². The normalized spacial score (nSPS) is 23.7. The van der Waals surface area contributed by atoms with Crippen molar-refractivity contribution in [3.63, 3.8) is 0 Å². The maximum absolute atomic E-state index is 3.72. The van der Waals surface area contributed by atoms with Gasteiger partial charge < -0.3 is 10.2 Å². The topological polar surface area (TPSA) is 15.3 Å². The number of hydrogen-bond donors (Lipinski definition) is 1. The van der Waals surface area contributed by atoms with Gasteiger partial charge in [0.1, 0.15) is 0 Å². The van der Waals surface area contributed by atoms with Gasteiger partial charge in [0.2, 0.25) is 0 Å². The second-order valence-electron chi connectivity index (χ2n) is 6.13. The fourth-order valence-electron chi connectivity index (χ4n) is 2.90. The van der Waals surface area contributed by atoms with E-state index in [4.69, 9.17) is 0 Å². The average Bonchev–Trinajstić information content (AvgIpc) is 2.42. The van der Waals surface area contributed by atoms with Crippen molar-refractivity contribution < 1.29 is 0 Å². The number of nitrogens with zero attached hydrogens (tertiary/aromatic N) is 1. The van der Waals surface area contributed by atoms with Gasteiger partial charge in [0.05, 0.1) is 0 Å². The van der Waals surface area contributed by atoms with Gasteiger partial charge in [0.15, 0.2) is 0 Å². The Bertz CT molecular complexity index is 342. The molecule has 1 saturated carbocycles. The third kappa shape index (κ3) is 5.33. The maximum atomic E-state index is 3.72. The van der Waals surface area contributed by atoms with Crippen LogP contribution < -0.4 is 5.32 Å². The van der Waals surface area contributed by atoms with Crippen LogP contribution in [0.2, 0.25) is 0 Å². The smallest absolute Gasteiger partial charge is 0.0231 e. The lowest BCUT2D eigenvalue weighted by Gasteiger charge is -2.28. The molecule has 0 radical (unpaired) electrons. The third-order valence-corrected chi connectivity index (χ3v) is 4.24. The van der Waals surface area contributed by atoms with Crippen LogP contribution in [0.25, 0.3) is 0 Å². The minimum atomic E-state index is 0.765. The van der Waals surface area contributed by atoms with Gasteiger partial charge in [0.25, 0.3) is 0 Å². The fourth-order valence-corrected chi connectivity index (χ4v) is 2.90. The molecule has 1 fully saturated rings. The number of benzene rings is 1. The van der Waals surface area contributed by atoms with E-state index < -0.39 is 0 Å². The summed E-state index contributed by atoms with van der Waals surface area (Å²) in [6, 6.07) is 11.5. The molecule has 0 spiro atoms. The van der Waals surface area contributed by atoms with E-state index in [0.717, 1.165) is 31.6 Å². The van der Waals surface area contributed by atoms with Crippen molar-refractivity contribution in [1.29, 1.82) is 0 Å². The Hall–Kier alpha value is -0.860. The second-order valence-corrected chi connectivity index (χ2v) is 6.13. The molecule has 2 rings (SSSR count). The van der Waals surface area contributed by atoms with Crippen molar-refractivity contribution in [3.05, 3.63) is 35.9 Å². The summed E-state index contributed by atoms with van der Waals surface area (Å²) < 4.78 is 0. The Morgan fingerprint density at radius 1 is 1.11 bits per heavy atom. The molecule has 1 aromatic rings. The molecule has 0 amide bonds. The molecular formula is C17H28N2. The van der Waals surface area contributed by atoms with E-state index in [1.165, 1.54) is 31.2 Å². The highest BCUT2D eigenvalue weighted by molar-refractivity contribution is 5.14. The molecule has 0 heterocycles. The predicted octanol–water partition coefficient (Wildman–Crippen LogP) is 3.29. The summed E-state index contributed by atoms with van der Waals surface area (Å²) in [6.07, 6.45) is 5.53. The SMILES string of the molecule is CC1CCC(NCCN(C)Cc2ccccc2)CC1. The van der Waals surface area contributed by atoms with E-state index >= 15 is 0 Å². The molecule has 0 unspecified atom stereocenters. The van der Waals surface area contributed by atoms with Crippen LogP contribution in [0.1, 0.15) is 38.2 Å². The molecule has 106 valence electrons. The predicted molar refractivity (Wildman–Crippen MR) is 82.2 cm³/mol. The molecule has 19 heavy (non-hydrogen) atoms. The van der Waals surface area contributed by atoms with E-state index in [9.17, 15) is 0 Å². The summed E-state index contributed by atoms with van der Waals surface area (Å²) in [5.74, 6) is 0.943. The number of hydrogen-bond acceptors (Lipinski definition) is 2. The Morgan fingerprint density at radius 3 is 2.47 bits per heavy atom. The van der Waals surface area contributed by atoms with Gasteiger partial charge in [-0.1, -0.05) is 37.3 Å². The van der Waals surface area contributed by atoms with Crippen LogP contribution in [0, 0.1) is 5.92 Å². The number of rotatable bonds is 6. The van der Waals surface area contributed by atoms with E-state index in [2.05, 4.69) is 54.5 Å². The zero-order valence-electron chi connectivity index (χ0n) is 12.4. The van der Waals surface area contributed by atoms with Gasteiger partial charge in [0, 0.05) is 25.7 Å². The van der Waals surface area contributed by atoms with Crippen LogP contribution in [0.4, 0.5) is 0 Å². The van der Waals surface area contributed by atoms with Crippen LogP contribution in [-0.2, 0) is 6.54 Å². The molecular weight excluding hydrogens is 232 g/mol. The highest BCUT2D eigenvalue weighted by Crippen LogP contribution is 2.23. The minimum Gasteiger partial charge on any atom is -0.313 e. The summed E-state index contributed by atoms with van der Waals surface area (Å²) in [5.41, 5.74) is 1.40. The average molecular weight is 260 g/mol. The number of nitrogens with one attached hydrogen (secondary N) is 1. The second kappa shape index (κ2) is 7.66. The molecule has 0 saturated heterocycles. The Kier molecular flexibility index (Phi) is 5.87. The highest BCUT2D eigenvalue weighted by atomic mass is 15.1. The van der Waals surface area contributed by atoms with Crippen LogP contribution in [0.3, 0.4) is 0 Å². The first-order valence-corrected chi connectivity index (χ1v) is 7.70. The quantitative estimate of drug-likeness (QED) is 0.844. The van der Waals surface area contributed by atoms with Gasteiger partial charge in [-0.3, -0.25) is 0 Å². The molecule has 0 bridgehead atoms. The zero-order chi connectivity index (χ0) is 13.5. The third-order valence-electron chi connectivity index (χ3n) is 4.24. The molecule has 2 nitrogen and oxygen atoms in total. The lowest BCUT2D eigenvalue weighted by molar-refractivity contribution is 0.279. The highest BCUT2D eigenvalue weighted by Gasteiger charge is 2.17. The van der Waals surface area contributed by atoms with Crippen LogP contribution in [0.15, 0.2) is 30.3 Å². The van der Waals surface area contributed by atoms with Gasteiger partial charge in [-0.2, -0.15) is 0 Å².